The minimum Gasteiger partial charge on any atom is -0.451 e. The first-order chi connectivity index (χ1) is 14.1. The number of fused-ring (bicyclic) bond motifs is 1. The number of benzene rings is 2. The first-order valence-corrected chi connectivity index (χ1v) is 9.64. The van der Waals surface area contributed by atoms with Crippen molar-refractivity contribution in [1.82, 2.24) is 9.55 Å². The van der Waals surface area contributed by atoms with Gasteiger partial charge in [-0.1, -0.05) is 18.2 Å². The topological polar surface area (TPSA) is 69.3 Å². The van der Waals surface area contributed by atoms with Gasteiger partial charge in [-0.05, 0) is 36.0 Å². The number of imidazole rings is 1. The highest BCUT2D eigenvalue weighted by molar-refractivity contribution is 7.99. The summed E-state index contributed by atoms with van der Waals surface area (Å²) in [5.41, 5.74) is 1.58. The van der Waals surface area contributed by atoms with Crippen molar-refractivity contribution in [3.05, 3.63) is 72.0 Å². The van der Waals surface area contributed by atoms with Crippen LogP contribution >= 0.6 is 11.8 Å². The van der Waals surface area contributed by atoms with Crippen LogP contribution in [-0.2, 0) is 18.4 Å². The van der Waals surface area contributed by atoms with Crippen molar-refractivity contribution in [3.63, 3.8) is 0 Å². The number of para-hydroxylation sites is 1. The number of furan rings is 1. The van der Waals surface area contributed by atoms with E-state index in [0.29, 0.717) is 21.7 Å². The second-order valence-electron chi connectivity index (χ2n) is 6.36. The first-order valence-electron chi connectivity index (χ1n) is 8.82. The van der Waals surface area contributed by atoms with E-state index in [9.17, 15) is 9.18 Å². The van der Waals surface area contributed by atoms with Crippen molar-refractivity contribution in [2.45, 2.75) is 16.7 Å². The number of hydrogen-bond acceptors (Lipinski definition) is 5. The molecule has 8 heteroatoms. The Morgan fingerprint density at radius 3 is 2.90 bits per heavy atom. The van der Waals surface area contributed by atoms with Gasteiger partial charge >= 0.3 is 0 Å². The van der Waals surface area contributed by atoms with E-state index in [1.165, 1.54) is 23.9 Å². The maximum absolute atomic E-state index is 13.9. The lowest BCUT2D eigenvalue weighted by atomic mass is 10.1. The number of aromatic nitrogens is 2. The minimum atomic E-state index is -0.472. The fourth-order valence-corrected chi connectivity index (χ4v) is 3.86. The summed E-state index contributed by atoms with van der Waals surface area (Å²) in [6, 6.07) is 11.6. The van der Waals surface area contributed by atoms with Crippen LogP contribution in [0.4, 0.5) is 10.1 Å². The van der Waals surface area contributed by atoms with Gasteiger partial charge < -0.3 is 19.0 Å². The number of carbonyl (C=O) groups excluding carboxylic acids is 1. The lowest BCUT2D eigenvalue weighted by Gasteiger charge is -2.11. The van der Waals surface area contributed by atoms with Gasteiger partial charge in [0, 0.05) is 42.4 Å². The summed E-state index contributed by atoms with van der Waals surface area (Å²) in [6.07, 6.45) is 3.49. The van der Waals surface area contributed by atoms with E-state index in [4.69, 9.17) is 9.15 Å². The molecule has 0 radical (unpaired) electrons. The molecule has 4 rings (SSSR count). The van der Waals surface area contributed by atoms with Gasteiger partial charge in [0.15, 0.2) is 10.9 Å². The number of rotatable bonds is 6. The van der Waals surface area contributed by atoms with Gasteiger partial charge in [0.2, 0.25) is 0 Å². The van der Waals surface area contributed by atoms with Crippen LogP contribution in [0, 0.1) is 5.82 Å². The van der Waals surface area contributed by atoms with Gasteiger partial charge in [0.05, 0.1) is 12.3 Å². The van der Waals surface area contributed by atoms with Gasteiger partial charge in [-0.25, -0.2) is 9.37 Å². The van der Waals surface area contributed by atoms with Crippen molar-refractivity contribution in [3.8, 4) is 0 Å². The zero-order chi connectivity index (χ0) is 20.4. The Labute approximate surface area is 170 Å². The highest BCUT2D eigenvalue weighted by atomic mass is 32.2. The second kappa shape index (κ2) is 8.10. The molecule has 0 aliphatic heterocycles. The zero-order valence-electron chi connectivity index (χ0n) is 15.8. The van der Waals surface area contributed by atoms with Gasteiger partial charge in [-0.3, -0.25) is 4.79 Å². The van der Waals surface area contributed by atoms with E-state index in [1.54, 1.807) is 25.4 Å². The number of nitrogens with zero attached hydrogens (tertiary/aromatic N) is 2. The molecule has 2 heterocycles. The maximum Gasteiger partial charge on any atom is 0.291 e. The minimum absolute atomic E-state index is 0.144. The third-order valence-corrected chi connectivity index (χ3v) is 5.51. The van der Waals surface area contributed by atoms with Crippen LogP contribution < -0.4 is 5.32 Å². The molecule has 0 unspecified atom stereocenters. The van der Waals surface area contributed by atoms with E-state index < -0.39 is 11.7 Å². The Hall–Kier alpha value is -3.10. The lowest BCUT2D eigenvalue weighted by molar-refractivity contribution is 0.0992. The van der Waals surface area contributed by atoms with Crippen LogP contribution in [0.1, 0.15) is 16.1 Å². The summed E-state index contributed by atoms with van der Waals surface area (Å²) in [7, 11) is 3.42. The molecule has 0 aliphatic rings. The van der Waals surface area contributed by atoms with Crippen molar-refractivity contribution in [2.75, 3.05) is 12.4 Å². The molecule has 6 nitrogen and oxygen atoms in total. The van der Waals surface area contributed by atoms with E-state index >= 15 is 0 Å². The normalized spacial score (nSPS) is 11.1. The SMILES string of the molecule is COCc1c(C(=O)Nc2cc(F)ccc2Sc2nccn2C)oc2ccccc12. The maximum atomic E-state index is 13.9. The third-order valence-electron chi connectivity index (χ3n) is 4.36. The molecule has 2 aromatic carbocycles. The molecule has 0 fully saturated rings. The molecule has 2 aromatic heterocycles. The summed E-state index contributed by atoms with van der Waals surface area (Å²) < 4.78 is 26.8. The fourth-order valence-electron chi connectivity index (χ4n) is 2.99. The molecule has 0 spiro atoms. The van der Waals surface area contributed by atoms with Crippen LogP contribution in [0.5, 0.6) is 0 Å². The number of carbonyl (C=O) groups is 1. The fraction of sp³-hybridized carbons (Fsp3) is 0.143. The summed E-state index contributed by atoms with van der Waals surface area (Å²) in [4.78, 5) is 17.9. The number of amides is 1. The molecule has 1 N–H and O–H groups in total. The molecule has 0 saturated carbocycles. The van der Waals surface area contributed by atoms with Crippen molar-refractivity contribution < 1.29 is 18.3 Å². The summed E-state index contributed by atoms with van der Waals surface area (Å²) >= 11 is 1.33. The number of anilines is 1. The average molecular weight is 411 g/mol. The van der Waals surface area contributed by atoms with Crippen molar-refractivity contribution >= 4 is 34.3 Å². The predicted octanol–water partition coefficient (Wildman–Crippen LogP) is 4.86. The highest BCUT2D eigenvalue weighted by Gasteiger charge is 2.22. The van der Waals surface area contributed by atoms with Crippen LogP contribution in [0.2, 0.25) is 0 Å². The number of ether oxygens (including phenoxy) is 1. The summed E-state index contributed by atoms with van der Waals surface area (Å²) in [5.74, 6) is -0.781. The number of hydrogen-bond donors (Lipinski definition) is 1. The van der Waals surface area contributed by atoms with Gasteiger partial charge in [-0.2, -0.15) is 0 Å². The standard InChI is InChI=1S/C21H18FN3O3S/c1-25-10-9-23-21(25)29-18-8-7-13(22)11-16(18)24-20(26)19-15(12-27-2)14-5-3-4-6-17(14)28-19/h3-11H,12H2,1-2H3,(H,24,26). The Morgan fingerprint density at radius 2 is 2.14 bits per heavy atom. The lowest BCUT2D eigenvalue weighted by Crippen LogP contribution is -2.14. The Morgan fingerprint density at radius 1 is 1.31 bits per heavy atom. The van der Waals surface area contributed by atoms with Gasteiger partial charge in [0.1, 0.15) is 11.4 Å². The number of nitrogens with one attached hydrogen (secondary N) is 1. The van der Waals surface area contributed by atoms with E-state index in [2.05, 4.69) is 10.3 Å². The smallest absolute Gasteiger partial charge is 0.291 e. The molecule has 29 heavy (non-hydrogen) atoms. The molecule has 0 bridgehead atoms. The molecular formula is C21H18FN3O3S. The third kappa shape index (κ3) is 3.90. The molecule has 4 aromatic rings. The number of methoxy groups -OCH3 is 1. The second-order valence-corrected chi connectivity index (χ2v) is 7.37. The Kier molecular flexibility index (Phi) is 5.37. The zero-order valence-corrected chi connectivity index (χ0v) is 16.6. The summed E-state index contributed by atoms with van der Waals surface area (Å²) in [5, 5.41) is 4.30. The molecule has 1 amide bonds. The summed E-state index contributed by atoms with van der Waals surface area (Å²) in [6.45, 7) is 0.220. The van der Waals surface area contributed by atoms with Gasteiger partial charge in [0.25, 0.3) is 5.91 Å². The molecule has 0 aliphatic carbocycles. The number of aryl methyl sites for hydroxylation is 1. The van der Waals surface area contributed by atoms with Crippen molar-refractivity contribution in [1.29, 1.82) is 0 Å². The molecule has 0 atom stereocenters. The van der Waals surface area contributed by atoms with Crippen LogP contribution in [0.25, 0.3) is 11.0 Å². The number of halogens is 1. The molecular weight excluding hydrogens is 393 g/mol. The van der Waals surface area contributed by atoms with Gasteiger partial charge in [-0.15, -0.1) is 0 Å². The van der Waals surface area contributed by atoms with E-state index in [0.717, 1.165) is 10.5 Å². The largest absolute Gasteiger partial charge is 0.451 e. The highest BCUT2D eigenvalue weighted by Crippen LogP contribution is 2.34. The quantitative estimate of drug-likeness (QED) is 0.491. The Balaban J connectivity index is 1.68. The Bertz CT molecular complexity index is 1190. The van der Waals surface area contributed by atoms with Crippen LogP contribution in [0.15, 0.2) is 69.3 Å². The molecule has 148 valence electrons. The molecule has 0 saturated heterocycles. The predicted molar refractivity (Wildman–Crippen MR) is 109 cm³/mol. The average Bonchev–Trinajstić information content (AvgIpc) is 3.28. The first kappa shape index (κ1) is 19.2. The monoisotopic (exact) mass is 411 g/mol. The van der Waals surface area contributed by atoms with Crippen LogP contribution in [0.3, 0.4) is 0 Å². The van der Waals surface area contributed by atoms with Crippen molar-refractivity contribution in [2.24, 2.45) is 7.05 Å². The van der Waals surface area contributed by atoms with Crippen LogP contribution in [-0.4, -0.2) is 22.6 Å². The van der Waals surface area contributed by atoms with E-state index in [-0.39, 0.29) is 12.4 Å². The van der Waals surface area contributed by atoms with E-state index in [1.807, 2.05) is 36.0 Å².